The van der Waals surface area contributed by atoms with Crippen molar-refractivity contribution >= 4 is 5.91 Å². The molecule has 80 valence electrons. The van der Waals surface area contributed by atoms with Gasteiger partial charge in [-0.1, -0.05) is 0 Å². The van der Waals surface area contributed by atoms with Crippen molar-refractivity contribution in [3.05, 3.63) is 0 Å². The highest BCUT2D eigenvalue weighted by atomic mass is 16.3. The van der Waals surface area contributed by atoms with Crippen LogP contribution in [0.15, 0.2) is 0 Å². The molecule has 0 spiro atoms. The molecule has 1 saturated carbocycles. The third kappa shape index (κ3) is 2.25. The van der Waals surface area contributed by atoms with E-state index in [1.165, 1.54) is 0 Å². The van der Waals surface area contributed by atoms with Gasteiger partial charge in [-0.15, -0.1) is 0 Å². The van der Waals surface area contributed by atoms with Gasteiger partial charge in [0.2, 0.25) is 5.91 Å². The van der Waals surface area contributed by atoms with Crippen LogP contribution in [0.2, 0.25) is 0 Å². The Bertz CT molecular complexity index is 222. The quantitative estimate of drug-likeness (QED) is 0.577. The van der Waals surface area contributed by atoms with E-state index in [2.05, 4.69) is 10.6 Å². The van der Waals surface area contributed by atoms with Gasteiger partial charge in [0.25, 0.3) is 0 Å². The first kappa shape index (κ1) is 9.93. The summed E-state index contributed by atoms with van der Waals surface area (Å²) in [6.45, 7) is 2.35. The number of hydrogen-bond acceptors (Lipinski definition) is 3. The summed E-state index contributed by atoms with van der Waals surface area (Å²) in [7, 11) is 0. The lowest BCUT2D eigenvalue weighted by Crippen LogP contribution is -2.49. The fraction of sp³-hybridized carbons (Fsp3) is 0.900. The van der Waals surface area contributed by atoms with Gasteiger partial charge >= 0.3 is 0 Å². The van der Waals surface area contributed by atoms with Gasteiger partial charge < -0.3 is 15.7 Å². The van der Waals surface area contributed by atoms with Crippen LogP contribution < -0.4 is 10.6 Å². The summed E-state index contributed by atoms with van der Waals surface area (Å²) < 4.78 is 0. The molecule has 0 aromatic heterocycles. The summed E-state index contributed by atoms with van der Waals surface area (Å²) >= 11 is 0. The van der Waals surface area contributed by atoms with Crippen LogP contribution in [0.3, 0.4) is 0 Å². The maximum atomic E-state index is 11.4. The number of carbonyl (C=O) groups excluding carboxylic acids is 1. The first-order valence-corrected chi connectivity index (χ1v) is 5.38. The Labute approximate surface area is 84.1 Å². The average molecular weight is 198 g/mol. The normalized spacial score (nSPS) is 24.9. The molecule has 14 heavy (non-hydrogen) atoms. The molecule has 2 fully saturated rings. The Hall–Kier alpha value is -0.610. The van der Waals surface area contributed by atoms with Gasteiger partial charge in [0.15, 0.2) is 0 Å². The van der Waals surface area contributed by atoms with Gasteiger partial charge in [0.1, 0.15) is 0 Å². The van der Waals surface area contributed by atoms with Gasteiger partial charge in [-0.2, -0.15) is 0 Å². The summed E-state index contributed by atoms with van der Waals surface area (Å²) in [5.41, 5.74) is -0.590. The molecule has 2 aliphatic rings. The minimum Gasteiger partial charge on any atom is -0.388 e. The smallest absolute Gasteiger partial charge is 0.220 e. The van der Waals surface area contributed by atoms with Crippen molar-refractivity contribution in [2.24, 2.45) is 5.92 Å². The van der Waals surface area contributed by atoms with Crippen molar-refractivity contribution < 1.29 is 9.90 Å². The lowest BCUT2D eigenvalue weighted by Gasteiger charge is -2.36. The van der Waals surface area contributed by atoms with E-state index in [0.29, 0.717) is 18.9 Å². The van der Waals surface area contributed by atoms with Crippen molar-refractivity contribution in [1.82, 2.24) is 10.6 Å². The zero-order valence-corrected chi connectivity index (χ0v) is 8.38. The summed E-state index contributed by atoms with van der Waals surface area (Å²) in [6, 6.07) is 0. The Morgan fingerprint density at radius 2 is 2.21 bits per heavy atom. The van der Waals surface area contributed by atoms with Gasteiger partial charge in [-0.05, 0) is 38.3 Å². The predicted octanol–water partition coefficient (Wildman–Crippen LogP) is -0.373. The van der Waals surface area contributed by atoms with Gasteiger partial charge in [-0.25, -0.2) is 0 Å². The van der Waals surface area contributed by atoms with Gasteiger partial charge in [-0.3, -0.25) is 4.79 Å². The molecule has 4 nitrogen and oxygen atoms in total. The molecule has 0 unspecified atom stereocenters. The van der Waals surface area contributed by atoms with Crippen molar-refractivity contribution in [2.45, 2.75) is 31.3 Å². The van der Waals surface area contributed by atoms with E-state index in [0.717, 1.165) is 32.4 Å². The zero-order chi connectivity index (χ0) is 10.0. The molecule has 0 aromatic carbocycles. The number of rotatable bonds is 4. The van der Waals surface area contributed by atoms with Gasteiger partial charge in [0.05, 0.1) is 5.60 Å². The highest BCUT2D eigenvalue weighted by molar-refractivity contribution is 5.76. The lowest BCUT2D eigenvalue weighted by atomic mass is 9.80. The molecule has 3 N–H and O–H groups in total. The third-order valence-corrected chi connectivity index (χ3v) is 3.24. The molecule has 0 atom stereocenters. The molecule has 1 amide bonds. The second kappa shape index (κ2) is 3.87. The maximum Gasteiger partial charge on any atom is 0.220 e. The fourth-order valence-electron chi connectivity index (χ4n) is 1.85. The molecule has 1 saturated heterocycles. The van der Waals surface area contributed by atoms with E-state index in [1.807, 2.05) is 0 Å². The lowest BCUT2D eigenvalue weighted by molar-refractivity contribution is -0.124. The second-order valence-corrected chi connectivity index (χ2v) is 4.58. The molecule has 4 heteroatoms. The highest BCUT2D eigenvalue weighted by Crippen LogP contribution is 2.30. The Kier molecular flexibility index (Phi) is 2.74. The van der Waals surface area contributed by atoms with Crippen LogP contribution in [-0.2, 0) is 4.79 Å². The van der Waals surface area contributed by atoms with Crippen LogP contribution in [0.25, 0.3) is 0 Å². The van der Waals surface area contributed by atoms with Crippen molar-refractivity contribution in [3.8, 4) is 0 Å². The maximum absolute atomic E-state index is 11.4. The molecule has 2 rings (SSSR count). The van der Waals surface area contributed by atoms with Crippen LogP contribution in [0.5, 0.6) is 0 Å². The van der Waals surface area contributed by atoms with Crippen LogP contribution in [0.1, 0.15) is 25.7 Å². The zero-order valence-electron chi connectivity index (χ0n) is 8.38. The van der Waals surface area contributed by atoms with Crippen LogP contribution >= 0.6 is 0 Å². The standard InChI is InChI=1S/C10H18N2O2/c13-9(4-8-5-11-6-8)12-7-10(14)2-1-3-10/h8,11,14H,1-7H2,(H,12,13). The van der Waals surface area contributed by atoms with Crippen molar-refractivity contribution in [2.75, 3.05) is 19.6 Å². The average Bonchev–Trinajstić information content (AvgIpc) is 2.05. The molecule has 1 heterocycles. The fourth-order valence-corrected chi connectivity index (χ4v) is 1.85. The van der Waals surface area contributed by atoms with Crippen LogP contribution in [0, 0.1) is 5.92 Å². The van der Waals surface area contributed by atoms with Crippen molar-refractivity contribution in [3.63, 3.8) is 0 Å². The number of aliphatic hydroxyl groups is 1. The van der Waals surface area contributed by atoms with E-state index >= 15 is 0 Å². The monoisotopic (exact) mass is 198 g/mol. The molecule has 1 aliphatic heterocycles. The summed E-state index contributed by atoms with van der Waals surface area (Å²) in [5, 5.41) is 15.7. The number of nitrogens with one attached hydrogen (secondary N) is 2. The Morgan fingerprint density at radius 3 is 2.64 bits per heavy atom. The topological polar surface area (TPSA) is 61.4 Å². The van der Waals surface area contributed by atoms with E-state index < -0.39 is 5.60 Å². The minimum absolute atomic E-state index is 0.0804. The third-order valence-electron chi connectivity index (χ3n) is 3.24. The summed E-state index contributed by atoms with van der Waals surface area (Å²) in [5.74, 6) is 0.586. The second-order valence-electron chi connectivity index (χ2n) is 4.58. The first-order chi connectivity index (χ1) is 6.68. The number of hydrogen-bond donors (Lipinski definition) is 3. The number of carbonyl (C=O) groups is 1. The largest absolute Gasteiger partial charge is 0.388 e. The highest BCUT2D eigenvalue weighted by Gasteiger charge is 2.34. The predicted molar refractivity (Wildman–Crippen MR) is 52.8 cm³/mol. The molecule has 1 aliphatic carbocycles. The molecular formula is C10H18N2O2. The summed E-state index contributed by atoms with van der Waals surface area (Å²) in [4.78, 5) is 11.4. The summed E-state index contributed by atoms with van der Waals surface area (Å²) in [6.07, 6.45) is 3.35. The number of amides is 1. The molecule has 0 aromatic rings. The SMILES string of the molecule is O=C(CC1CNC1)NCC1(O)CCC1. The molecule has 0 bridgehead atoms. The molecule has 0 radical (unpaired) electrons. The first-order valence-electron chi connectivity index (χ1n) is 5.38. The van der Waals surface area contributed by atoms with E-state index in [9.17, 15) is 9.90 Å². The Balaban J connectivity index is 1.61. The van der Waals surface area contributed by atoms with Crippen molar-refractivity contribution in [1.29, 1.82) is 0 Å². The molecular weight excluding hydrogens is 180 g/mol. The van der Waals surface area contributed by atoms with Crippen LogP contribution in [0.4, 0.5) is 0 Å². The van der Waals surface area contributed by atoms with Gasteiger partial charge in [0, 0.05) is 13.0 Å². The van der Waals surface area contributed by atoms with E-state index in [4.69, 9.17) is 0 Å². The minimum atomic E-state index is -0.590. The Morgan fingerprint density at radius 1 is 1.50 bits per heavy atom. The van der Waals surface area contributed by atoms with Crippen LogP contribution in [-0.4, -0.2) is 36.2 Å². The van der Waals surface area contributed by atoms with E-state index in [1.54, 1.807) is 0 Å². The van der Waals surface area contributed by atoms with E-state index in [-0.39, 0.29) is 5.91 Å².